The Morgan fingerprint density at radius 2 is 2.13 bits per heavy atom. The molecule has 80 valence electrons. The van der Waals surface area contributed by atoms with Crippen LogP contribution < -0.4 is 5.73 Å². The third kappa shape index (κ3) is 1.90. The van der Waals surface area contributed by atoms with Gasteiger partial charge >= 0.3 is 0 Å². The summed E-state index contributed by atoms with van der Waals surface area (Å²) < 4.78 is 2.29. The largest absolute Gasteiger partial charge is 0.347 e. The fourth-order valence-electron chi connectivity index (χ4n) is 1.92. The first-order valence-electron chi connectivity index (χ1n) is 5.56. The SMILES string of the molecule is CCCn1ccc2ccc(C(C)N)cc21. The van der Waals surface area contributed by atoms with Gasteiger partial charge in [-0.1, -0.05) is 19.1 Å². The predicted molar refractivity (Wildman–Crippen MR) is 64.8 cm³/mol. The molecule has 2 aromatic rings. The average molecular weight is 202 g/mol. The third-order valence-corrected chi connectivity index (χ3v) is 2.79. The van der Waals surface area contributed by atoms with Gasteiger partial charge in [-0.25, -0.2) is 0 Å². The normalized spacial score (nSPS) is 13.3. The molecule has 0 spiro atoms. The summed E-state index contributed by atoms with van der Waals surface area (Å²) in [6.45, 7) is 5.29. The zero-order chi connectivity index (χ0) is 10.8. The molecule has 1 unspecified atom stereocenters. The van der Waals surface area contributed by atoms with Crippen molar-refractivity contribution < 1.29 is 0 Å². The molecule has 2 heteroatoms. The molecule has 0 aliphatic heterocycles. The van der Waals surface area contributed by atoms with Gasteiger partial charge in [0.1, 0.15) is 0 Å². The molecule has 0 aliphatic carbocycles. The van der Waals surface area contributed by atoms with Gasteiger partial charge in [0.15, 0.2) is 0 Å². The van der Waals surface area contributed by atoms with Crippen molar-refractivity contribution in [3.05, 3.63) is 36.0 Å². The van der Waals surface area contributed by atoms with Crippen LogP contribution in [0.4, 0.5) is 0 Å². The Morgan fingerprint density at radius 3 is 2.80 bits per heavy atom. The van der Waals surface area contributed by atoms with Crippen molar-refractivity contribution in [2.24, 2.45) is 5.73 Å². The molecular formula is C13H18N2. The van der Waals surface area contributed by atoms with E-state index in [2.05, 4.69) is 42.0 Å². The van der Waals surface area contributed by atoms with Crippen molar-refractivity contribution in [3.8, 4) is 0 Å². The van der Waals surface area contributed by atoms with Crippen LogP contribution in [0.25, 0.3) is 10.9 Å². The van der Waals surface area contributed by atoms with E-state index in [9.17, 15) is 0 Å². The lowest BCUT2D eigenvalue weighted by molar-refractivity contribution is 0.702. The second-order valence-corrected chi connectivity index (χ2v) is 4.12. The fraction of sp³-hybridized carbons (Fsp3) is 0.385. The lowest BCUT2D eigenvalue weighted by atomic mass is 10.1. The van der Waals surface area contributed by atoms with Crippen LogP contribution >= 0.6 is 0 Å². The van der Waals surface area contributed by atoms with Crippen LogP contribution in [0.5, 0.6) is 0 Å². The number of aromatic nitrogens is 1. The number of nitrogens with two attached hydrogens (primary N) is 1. The minimum absolute atomic E-state index is 0.111. The first-order chi connectivity index (χ1) is 7.22. The number of hydrogen-bond acceptors (Lipinski definition) is 1. The Bertz CT molecular complexity index is 455. The Kier molecular flexibility index (Phi) is 2.78. The van der Waals surface area contributed by atoms with Gasteiger partial charge in [-0.05, 0) is 36.4 Å². The van der Waals surface area contributed by atoms with Crippen LogP contribution in [0.15, 0.2) is 30.5 Å². The maximum absolute atomic E-state index is 5.89. The number of benzene rings is 1. The molecule has 0 amide bonds. The summed E-state index contributed by atoms with van der Waals surface area (Å²) in [5.74, 6) is 0. The van der Waals surface area contributed by atoms with E-state index in [1.807, 2.05) is 6.92 Å². The number of fused-ring (bicyclic) bond motifs is 1. The molecule has 2 rings (SSSR count). The van der Waals surface area contributed by atoms with E-state index in [-0.39, 0.29) is 6.04 Å². The van der Waals surface area contributed by atoms with Crippen LogP contribution in [-0.4, -0.2) is 4.57 Å². The van der Waals surface area contributed by atoms with Crippen LogP contribution in [-0.2, 0) is 6.54 Å². The summed E-state index contributed by atoms with van der Waals surface area (Å²) in [5, 5.41) is 1.30. The Labute approximate surface area is 90.7 Å². The lowest BCUT2D eigenvalue weighted by Crippen LogP contribution is -2.05. The van der Waals surface area contributed by atoms with E-state index in [0.29, 0.717) is 0 Å². The second kappa shape index (κ2) is 4.07. The summed E-state index contributed by atoms with van der Waals surface area (Å²) >= 11 is 0. The maximum Gasteiger partial charge on any atom is 0.0483 e. The molecule has 0 radical (unpaired) electrons. The molecule has 0 bridgehead atoms. The van der Waals surface area contributed by atoms with Crippen LogP contribution in [0.1, 0.15) is 31.9 Å². The first-order valence-corrected chi connectivity index (χ1v) is 5.56. The van der Waals surface area contributed by atoms with E-state index in [1.165, 1.54) is 16.5 Å². The monoisotopic (exact) mass is 202 g/mol. The molecule has 2 N–H and O–H groups in total. The molecule has 2 nitrogen and oxygen atoms in total. The van der Waals surface area contributed by atoms with Crippen LogP contribution in [0, 0.1) is 0 Å². The van der Waals surface area contributed by atoms with E-state index in [0.717, 1.165) is 13.0 Å². The van der Waals surface area contributed by atoms with E-state index >= 15 is 0 Å². The summed E-state index contributed by atoms with van der Waals surface area (Å²) in [4.78, 5) is 0. The third-order valence-electron chi connectivity index (χ3n) is 2.79. The zero-order valence-corrected chi connectivity index (χ0v) is 9.40. The average Bonchev–Trinajstić information content (AvgIpc) is 2.61. The van der Waals surface area contributed by atoms with Crippen molar-refractivity contribution in [2.45, 2.75) is 32.9 Å². The van der Waals surface area contributed by atoms with Crippen molar-refractivity contribution in [1.82, 2.24) is 4.57 Å². The van der Waals surface area contributed by atoms with Crippen molar-refractivity contribution in [1.29, 1.82) is 0 Å². The molecule has 0 fully saturated rings. The maximum atomic E-state index is 5.89. The fourth-order valence-corrected chi connectivity index (χ4v) is 1.92. The predicted octanol–water partition coefficient (Wildman–Crippen LogP) is 3.07. The minimum Gasteiger partial charge on any atom is -0.347 e. The lowest BCUT2D eigenvalue weighted by Gasteiger charge is -2.08. The van der Waals surface area contributed by atoms with E-state index < -0.39 is 0 Å². The number of rotatable bonds is 3. The first kappa shape index (κ1) is 10.2. The molecule has 15 heavy (non-hydrogen) atoms. The van der Waals surface area contributed by atoms with Crippen LogP contribution in [0.3, 0.4) is 0 Å². The van der Waals surface area contributed by atoms with Gasteiger partial charge in [-0.15, -0.1) is 0 Å². The highest BCUT2D eigenvalue weighted by Gasteiger charge is 2.04. The summed E-state index contributed by atoms with van der Waals surface area (Å²) in [7, 11) is 0. The molecule has 0 aliphatic rings. The van der Waals surface area contributed by atoms with Gasteiger partial charge in [0.05, 0.1) is 0 Å². The standard InChI is InChI=1S/C13H18N2/c1-3-7-15-8-6-11-4-5-12(10(2)14)9-13(11)15/h4-6,8-10H,3,7,14H2,1-2H3. The van der Waals surface area contributed by atoms with Gasteiger partial charge in [0.25, 0.3) is 0 Å². The Morgan fingerprint density at radius 1 is 1.33 bits per heavy atom. The van der Waals surface area contributed by atoms with Crippen molar-refractivity contribution >= 4 is 10.9 Å². The molecular weight excluding hydrogens is 184 g/mol. The van der Waals surface area contributed by atoms with Gasteiger partial charge < -0.3 is 10.3 Å². The minimum atomic E-state index is 0.111. The Balaban J connectivity index is 2.51. The van der Waals surface area contributed by atoms with Gasteiger partial charge in [0.2, 0.25) is 0 Å². The van der Waals surface area contributed by atoms with E-state index in [1.54, 1.807) is 0 Å². The van der Waals surface area contributed by atoms with Gasteiger partial charge in [0, 0.05) is 24.3 Å². The quantitative estimate of drug-likeness (QED) is 0.814. The molecule has 0 saturated carbocycles. The highest BCUT2D eigenvalue weighted by Crippen LogP contribution is 2.20. The Hall–Kier alpha value is -1.28. The summed E-state index contributed by atoms with van der Waals surface area (Å²) in [5.41, 5.74) is 8.39. The molecule has 1 atom stereocenters. The summed E-state index contributed by atoms with van der Waals surface area (Å²) in [6, 6.07) is 8.74. The van der Waals surface area contributed by atoms with Crippen LogP contribution in [0.2, 0.25) is 0 Å². The molecule has 1 aromatic carbocycles. The number of aryl methyl sites for hydroxylation is 1. The molecule has 1 aromatic heterocycles. The number of nitrogens with zero attached hydrogens (tertiary/aromatic N) is 1. The molecule has 0 saturated heterocycles. The smallest absolute Gasteiger partial charge is 0.0483 e. The highest BCUT2D eigenvalue weighted by atomic mass is 14.9. The zero-order valence-electron chi connectivity index (χ0n) is 9.40. The summed E-state index contributed by atoms with van der Waals surface area (Å²) in [6.07, 6.45) is 3.31. The number of hydrogen-bond donors (Lipinski definition) is 1. The second-order valence-electron chi connectivity index (χ2n) is 4.12. The van der Waals surface area contributed by atoms with Gasteiger partial charge in [-0.2, -0.15) is 0 Å². The van der Waals surface area contributed by atoms with Crippen molar-refractivity contribution in [2.75, 3.05) is 0 Å². The highest BCUT2D eigenvalue weighted by molar-refractivity contribution is 5.80. The van der Waals surface area contributed by atoms with E-state index in [4.69, 9.17) is 5.73 Å². The van der Waals surface area contributed by atoms with Crippen molar-refractivity contribution in [3.63, 3.8) is 0 Å². The topological polar surface area (TPSA) is 30.9 Å². The van der Waals surface area contributed by atoms with Gasteiger partial charge in [-0.3, -0.25) is 0 Å². The molecule has 1 heterocycles.